The summed E-state index contributed by atoms with van der Waals surface area (Å²) in [6, 6.07) is 5.95. The number of carboxylic acids is 1. The molecule has 0 saturated heterocycles. The second-order valence-electron chi connectivity index (χ2n) is 5.45. The lowest BCUT2D eigenvalue weighted by molar-refractivity contribution is -0.141. The monoisotopic (exact) mass is 291 g/mol. The number of amides is 1. The number of nitrogens with one attached hydrogen (secondary N) is 1. The lowest BCUT2D eigenvalue weighted by Gasteiger charge is -2.10. The van der Waals surface area contributed by atoms with Crippen molar-refractivity contribution in [3.63, 3.8) is 0 Å². The van der Waals surface area contributed by atoms with E-state index in [1.165, 1.54) is 17.5 Å². The van der Waals surface area contributed by atoms with Crippen molar-refractivity contribution in [1.82, 2.24) is 5.32 Å². The molecule has 0 fully saturated rings. The maximum atomic E-state index is 11.6. The van der Waals surface area contributed by atoms with Gasteiger partial charge in [-0.1, -0.05) is 13.0 Å². The van der Waals surface area contributed by atoms with Gasteiger partial charge in [0.15, 0.2) is 6.61 Å². The second kappa shape index (κ2) is 7.11. The topological polar surface area (TPSA) is 75.6 Å². The number of hydrogen-bond donors (Lipinski definition) is 2. The molecule has 2 N–H and O–H groups in total. The molecule has 0 radical (unpaired) electrons. The molecule has 1 unspecified atom stereocenters. The van der Waals surface area contributed by atoms with E-state index in [2.05, 4.69) is 11.4 Å². The highest BCUT2D eigenvalue weighted by Crippen LogP contribution is 2.25. The Morgan fingerprint density at radius 3 is 2.86 bits per heavy atom. The first-order chi connectivity index (χ1) is 10.1. The van der Waals surface area contributed by atoms with Gasteiger partial charge in [0.2, 0.25) is 0 Å². The van der Waals surface area contributed by atoms with E-state index >= 15 is 0 Å². The summed E-state index contributed by atoms with van der Waals surface area (Å²) in [5.41, 5.74) is 2.68. The van der Waals surface area contributed by atoms with Gasteiger partial charge >= 0.3 is 5.97 Å². The number of rotatable bonds is 7. The van der Waals surface area contributed by atoms with E-state index in [4.69, 9.17) is 9.84 Å². The zero-order chi connectivity index (χ0) is 15.2. The molecule has 1 aromatic carbocycles. The predicted molar refractivity (Wildman–Crippen MR) is 78.4 cm³/mol. The van der Waals surface area contributed by atoms with E-state index in [1.807, 2.05) is 12.1 Å². The largest absolute Gasteiger partial charge is 0.484 e. The molecule has 1 amide bonds. The van der Waals surface area contributed by atoms with Gasteiger partial charge in [0.05, 0.1) is 5.92 Å². The molecule has 0 heterocycles. The van der Waals surface area contributed by atoms with Crippen LogP contribution in [0, 0.1) is 5.92 Å². The van der Waals surface area contributed by atoms with Gasteiger partial charge < -0.3 is 15.2 Å². The zero-order valence-corrected chi connectivity index (χ0v) is 12.2. The van der Waals surface area contributed by atoms with E-state index in [-0.39, 0.29) is 12.5 Å². The van der Waals surface area contributed by atoms with E-state index in [1.54, 1.807) is 6.92 Å². The summed E-state index contributed by atoms with van der Waals surface area (Å²) in [6.45, 7) is 1.93. The van der Waals surface area contributed by atoms with Crippen LogP contribution in [0.1, 0.15) is 30.9 Å². The second-order valence-corrected chi connectivity index (χ2v) is 5.45. The fourth-order valence-corrected chi connectivity index (χ4v) is 2.39. The average Bonchev–Trinajstić information content (AvgIpc) is 2.92. The Morgan fingerprint density at radius 1 is 1.33 bits per heavy atom. The molecule has 114 valence electrons. The van der Waals surface area contributed by atoms with Crippen molar-refractivity contribution in [3.8, 4) is 5.75 Å². The molecule has 5 heteroatoms. The highest BCUT2D eigenvalue weighted by atomic mass is 16.5. The van der Waals surface area contributed by atoms with E-state index in [9.17, 15) is 9.59 Å². The number of benzene rings is 1. The first-order valence-electron chi connectivity index (χ1n) is 7.30. The van der Waals surface area contributed by atoms with Gasteiger partial charge in [-0.25, -0.2) is 0 Å². The van der Waals surface area contributed by atoms with Crippen LogP contribution in [-0.2, 0) is 22.4 Å². The SMILES string of the molecule is CC(CCNC(=O)COc1ccc2c(c1)CCC2)C(=O)O. The summed E-state index contributed by atoms with van der Waals surface area (Å²) in [5.74, 6) is -0.820. The van der Waals surface area contributed by atoms with Crippen LogP contribution < -0.4 is 10.1 Å². The lowest BCUT2D eigenvalue weighted by Crippen LogP contribution is -2.31. The highest BCUT2D eigenvalue weighted by molar-refractivity contribution is 5.77. The number of carbonyl (C=O) groups is 2. The standard InChI is InChI=1S/C16H21NO4/c1-11(16(19)20)7-8-17-15(18)10-21-14-6-5-12-3-2-4-13(12)9-14/h5-6,9,11H,2-4,7-8,10H2,1H3,(H,17,18)(H,19,20). The maximum absolute atomic E-state index is 11.6. The van der Waals surface area contributed by atoms with E-state index in [0.29, 0.717) is 18.7 Å². The molecule has 5 nitrogen and oxygen atoms in total. The molecule has 1 atom stereocenters. The van der Waals surface area contributed by atoms with E-state index < -0.39 is 11.9 Å². The van der Waals surface area contributed by atoms with Gasteiger partial charge in [-0.15, -0.1) is 0 Å². The van der Waals surface area contributed by atoms with Crippen LogP contribution >= 0.6 is 0 Å². The molecule has 21 heavy (non-hydrogen) atoms. The Bertz CT molecular complexity index is 527. The van der Waals surface area contributed by atoms with Crippen molar-refractivity contribution in [2.45, 2.75) is 32.6 Å². The summed E-state index contributed by atoms with van der Waals surface area (Å²) in [7, 11) is 0. The molecule has 0 spiro atoms. The summed E-state index contributed by atoms with van der Waals surface area (Å²) >= 11 is 0. The van der Waals surface area contributed by atoms with Crippen LogP contribution in [0.25, 0.3) is 0 Å². The Kier molecular flexibility index (Phi) is 5.20. The number of hydrogen-bond acceptors (Lipinski definition) is 3. The third-order valence-electron chi connectivity index (χ3n) is 3.76. The van der Waals surface area contributed by atoms with Crippen LogP contribution in [0.2, 0.25) is 0 Å². The summed E-state index contributed by atoms with van der Waals surface area (Å²) in [4.78, 5) is 22.3. The zero-order valence-electron chi connectivity index (χ0n) is 12.2. The van der Waals surface area contributed by atoms with Gasteiger partial charge in [0.1, 0.15) is 5.75 Å². The van der Waals surface area contributed by atoms with Gasteiger partial charge in [0, 0.05) is 6.54 Å². The van der Waals surface area contributed by atoms with Gasteiger partial charge in [-0.2, -0.15) is 0 Å². The average molecular weight is 291 g/mol. The van der Waals surface area contributed by atoms with Crippen LogP contribution in [0.15, 0.2) is 18.2 Å². The first kappa shape index (κ1) is 15.4. The van der Waals surface area contributed by atoms with Crippen molar-refractivity contribution < 1.29 is 19.4 Å². The number of aryl methyl sites for hydroxylation is 2. The number of aliphatic carboxylic acids is 1. The fraction of sp³-hybridized carbons (Fsp3) is 0.500. The summed E-state index contributed by atoms with van der Waals surface area (Å²) in [6.07, 6.45) is 3.80. The molecular weight excluding hydrogens is 270 g/mol. The van der Waals surface area contributed by atoms with Crippen molar-refractivity contribution in [3.05, 3.63) is 29.3 Å². The molecule has 0 bridgehead atoms. The van der Waals surface area contributed by atoms with Crippen molar-refractivity contribution >= 4 is 11.9 Å². The quantitative estimate of drug-likeness (QED) is 0.803. The number of carbonyl (C=O) groups excluding carboxylic acids is 1. The van der Waals surface area contributed by atoms with Crippen molar-refractivity contribution in [2.75, 3.05) is 13.2 Å². The molecule has 0 aromatic heterocycles. The third-order valence-corrected chi connectivity index (χ3v) is 3.76. The Morgan fingerprint density at radius 2 is 2.10 bits per heavy atom. The van der Waals surface area contributed by atoms with Gasteiger partial charge in [0.25, 0.3) is 5.91 Å². The van der Waals surface area contributed by atoms with Crippen LogP contribution in [0.4, 0.5) is 0 Å². The van der Waals surface area contributed by atoms with Crippen molar-refractivity contribution in [2.24, 2.45) is 5.92 Å². The van der Waals surface area contributed by atoms with Crippen LogP contribution in [-0.4, -0.2) is 30.1 Å². The lowest BCUT2D eigenvalue weighted by atomic mass is 10.1. The first-order valence-corrected chi connectivity index (χ1v) is 7.30. The Hall–Kier alpha value is -2.04. The number of carboxylic acid groups (broad SMARTS) is 1. The minimum absolute atomic E-state index is 0.0414. The molecule has 0 saturated carbocycles. The summed E-state index contributed by atoms with van der Waals surface area (Å²) < 4.78 is 5.47. The van der Waals surface area contributed by atoms with Gasteiger partial charge in [-0.05, 0) is 48.9 Å². The molecule has 1 aromatic rings. The van der Waals surface area contributed by atoms with Crippen molar-refractivity contribution in [1.29, 1.82) is 0 Å². The van der Waals surface area contributed by atoms with Crippen LogP contribution in [0.5, 0.6) is 5.75 Å². The minimum atomic E-state index is -0.848. The molecule has 2 rings (SSSR count). The molecule has 1 aliphatic carbocycles. The van der Waals surface area contributed by atoms with Crippen LogP contribution in [0.3, 0.4) is 0 Å². The Balaban J connectivity index is 1.70. The predicted octanol–water partition coefficient (Wildman–Crippen LogP) is 1.78. The number of fused-ring (bicyclic) bond motifs is 1. The smallest absolute Gasteiger partial charge is 0.306 e. The number of ether oxygens (including phenoxy) is 1. The minimum Gasteiger partial charge on any atom is -0.484 e. The Labute approximate surface area is 124 Å². The molecule has 1 aliphatic rings. The van der Waals surface area contributed by atoms with E-state index in [0.717, 1.165) is 12.8 Å². The normalized spacial score (nSPS) is 14.3. The molecular formula is C16H21NO4. The molecule has 0 aliphatic heterocycles. The highest BCUT2D eigenvalue weighted by Gasteiger charge is 2.13. The summed E-state index contributed by atoms with van der Waals surface area (Å²) in [5, 5.41) is 11.4. The van der Waals surface area contributed by atoms with Gasteiger partial charge in [-0.3, -0.25) is 9.59 Å². The fourth-order valence-electron chi connectivity index (χ4n) is 2.39. The third kappa shape index (κ3) is 4.48. The maximum Gasteiger partial charge on any atom is 0.306 e.